The van der Waals surface area contributed by atoms with E-state index in [1.54, 1.807) is 54.2 Å². The monoisotopic (exact) mass is 257 g/mol. The average molecular weight is 257 g/mol. The van der Waals surface area contributed by atoms with Gasteiger partial charge >= 0.3 is 0 Å². The molecule has 0 aliphatic carbocycles. The molecule has 0 amide bonds. The highest BCUT2D eigenvalue weighted by atomic mass is 16.5. The van der Waals surface area contributed by atoms with E-state index in [-0.39, 0.29) is 18.2 Å². The smallest absolute Gasteiger partial charge is 0.216 e. The number of ether oxygens (including phenoxy) is 1. The van der Waals surface area contributed by atoms with Crippen molar-refractivity contribution in [1.29, 1.82) is 0 Å². The number of hydrogen-bond donors (Lipinski definition) is 0. The van der Waals surface area contributed by atoms with Crippen LogP contribution in [0.15, 0.2) is 42.6 Å². The van der Waals surface area contributed by atoms with Gasteiger partial charge in [0.15, 0.2) is 12.4 Å². The van der Waals surface area contributed by atoms with E-state index >= 15 is 0 Å². The van der Waals surface area contributed by atoms with Gasteiger partial charge in [-0.2, -0.15) is 0 Å². The van der Waals surface area contributed by atoms with Gasteiger partial charge in [-0.25, -0.2) is 0 Å². The molecule has 0 bridgehead atoms. The molecule has 0 saturated heterocycles. The van der Waals surface area contributed by atoms with Crippen LogP contribution in [-0.2, 0) is 7.05 Å². The van der Waals surface area contributed by atoms with Crippen molar-refractivity contribution in [1.82, 2.24) is 4.57 Å². The predicted molar refractivity (Wildman–Crippen MR) is 71.7 cm³/mol. The van der Waals surface area contributed by atoms with Gasteiger partial charge in [0.1, 0.15) is 5.75 Å². The van der Waals surface area contributed by atoms with Crippen molar-refractivity contribution >= 4 is 11.6 Å². The fourth-order valence-corrected chi connectivity index (χ4v) is 1.85. The molecule has 1 heterocycles. The Bertz CT molecular complexity index is 613. The zero-order valence-electron chi connectivity index (χ0n) is 10.9. The molecular weight excluding hydrogens is 242 g/mol. The molecule has 0 unspecified atom stereocenters. The minimum absolute atomic E-state index is 0.0812. The number of ketones is 2. The van der Waals surface area contributed by atoms with E-state index < -0.39 is 0 Å². The Morgan fingerprint density at radius 3 is 2.53 bits per heavy atom. The molecule has 2 aromatic rings. The molecular formula is C15H15NO3. The molecule has 1 aromatic heterocycles. The summed E-state index contributed by atoms with van der Waals surface area (Å²) >= 11 is 0. The van der Waals surface area contributed by atoms with Crippen molar-refractivity contribution in [3.05, 3.63) is 53.9 Å². The fraction of sp³-hybridized carbons (Fsp3) is 0.200. The first-order valence-electron chi connectivity index (χ1n) is 5.97. The number of para-hydroxylation sites is 1. The Morgan fingerprint density at radius 1 is 1.16 bits per heavy atom. The van der Waals surface area contributed by atoms with Crippen LogP contribution < -0.4 is 4.74 Å². The predicted octanol–water partition coefficient (Wildman–Crippen LogP) is 2.49. The quantitative estimate of drug-likeness (QED) is 0.773. The SMILES string of the molecule is CC(=O)c1ccccc1OCC(=O)c1cccn1C. The summed E-state index contributed by atoms with van der Waals surface area (Å²) in [5.41, 5.74) is 1.07. The lowest BCUT2D eigenvalue weighted by atomic mass is 10.1. The molecule has 0 N–H and O–H groups in total. The fourth-order valence-electron chi connectivity index (χ4n) is 1.85. The number of carbonyl (C=O) groups is 2. The van der Waals surface area contributed by atoms with E-state index in [9.17, 15) is 9.59 Å². The molecule has 2 rings (SSSR count). The zero-order valence-corrected chi connectivity index (χ0v) is 10.9. The van der Waals surface area contributed by atoms with Crippen molar-refractivity contribution in [2.45, 2.75) is 6.92 Å². The van der Waals surface area contributed by atoms with Gasteiger partial charge in [-0.15, -0.1) is 0 Å². The molecule has 0 aliphatic rings. The molecule has 1 aromatic carbocycles. The van der Waals surface area contributed by atoms with E-state index in [0.29, 0.717) is 17.0 Å². The van der Waals surface area contributed by atoms with Crippen molar-refractivity contribution in [2.75, 3.05) is 6.61 Å². The molecule has 0 atom stereocenters. The summed E-state index contributed by atoms with van der Waals surface area (Å²) < 4.78 is 7.19. The van der Waals surface area contributed by atoms with Crippen LogP contribution in [0, 0.1) is 0 Å². The lowest BCUT2D eigenvalue weighted by Gasteiger charge is -2.09. The van der Waals surface area contributed by atoms with E-state index in [1.165, 1.54) is 6.92 Å². The molecule has 19 heavy (non-hydrogen) atoms. The average Bonchev–Trinajstić information content (AvgIpc) is 2.82. The molecule has 0 fully saturated rings. The summed E-state index contributed by atoms with van der Waals surface area (Å²) in [6.07, 6.45) is 1.80. The Kier molecular flexibility index (Phi) is 3.80. The highest BCUT2D eigenvalue weighted by Crippen LogP contribution is 2.18. The molecule has 0 saturated carbocycles. The van der Waals surface area contributed by atoms with Gasteiger partial charge in [0, 0.05) is 13.2 Å². The first-order chi connectivity index (χ1) is 9.09. The van der Waals surface area contributed by atoms with Crippen LogP contribution >= 0.6 is 0 Å². The maximum Gasteiger partial charge on any atom is 0.216 e. The van der Waals surface area contributed by atoms with Gasteiger partial charge in [-0.05, 0) is 31.2 Å². The summed E-state index contributed by atoms with van der Waals surface area (Å²) in [4.78, 5) is 23.4. The second kappa shape index (κ2) is 5.52. The molecule has 98 valence electrons. The third-order valence-electron chi connectivity index (χ3n) is 2.85. The maximum absolute atomic E-state index is 12.0. The zero-order chi connectivity index (χ0) is 13.8. The normalized spacial score (nSPS) is 10.2. The highest BCUT2D eigenvalue weighted by molar-refractivity contribution is 5.98. The van der Waals surface area contributed by atoms with Crippen molar-refractivity contribution in [3.8, 4) is 5.75 Å². The topological polar surface area (TPSA) is 48.3 Å². The molecule has 0 aliphatic heterocycles. The number of rotatable bonds is 5. The number of carbonyl (C=O) groups excluding carboxylic acids is 2. The second-order valence-electron chi connectivity index (χ2n) is 4.27. The van der Waals surface area contributed by atoms with Gasteiger partial charge in [-0.1, -0.05) is 12.1 Å². The number of hydrogen-bond acceptors (Lipinski definition) is 3. The van der Waals surface area contributed by atoms with Gasteiger partial charge in [0.05, 0.1) is 11.3 Å². The summed E-state index contributed by atoms with van der Waals surface area (Å²) in [5.74, 6) is 0.241. The van der Waals surface area contributed by atoms with Gasteiger partial charge in [0.25, 0.3) is 0 Å². The van der Waals surface area contributed by atoms with E-state index in [2.05, 4.69) is 0 Å². The van der Waals surface area contributed by atoms with Crippen molar-refractivity contribution in [2.24, 2.45) is 7.05 Å². The van der Waals surface area contributed by atoms with Crippen LogP contribution in [0.5, 0.6) is 5.75 Å². The summed E-state index contributed by atoms with van der Waals surface area (Å²) in [6.45, 7) is 1.39. The summed E-state index contributed by atoms with van der Waals surface area (Å²) in [7, 11) is 1.80. The van der Waals surface area contributed by atoms with Gasteiger partial charge < -0.3 is 9.30 Å². The van der Waals surface area contributed by atoms with Crippen LogP contribution in [0.25, 0.3) is 0 Å². The first-order valence-corrected chi connectivity index (χ1v) is 5.97. The van der Waals surface area contributed by atoms with Crippen LogP contribution in [0.3, 0.4) is 0 Å². The maximum atomic E-state index is 12.0. The summed E-state index contributed by atoms with van der Waals surface area (Å²) in [5, 5.41) is 0. The Hall–Kier alpha value is -2.36. The van der Waals surface area contributed by atoms with Crippen LogP contribution in [-0.4, -0.2) is 22.7 Å². The van der Waals surface area contributed by atoms with E-state index in [4.69, 9.17) is 4.74 Å². The van der Waals surface area contributed by atoms with Crippen molar-refractivity contribution < 1.29 is 14.3 Å². The van der Waals surface area contributed by atoms with Crippen LogP contribution in [0.1, 0.15) is 27.8 Å². The Balaban J connectivity index is 2.10. The van der Waals surface area contributed by atoms with E-state index in [1.807, 2.05) is 0 Å². The second-order valence-corrected chi connectivity index (χ2v) is 4.27. The van der Waals surface area contributed by atoms with Gasteiger partial charge in [-0.3, -0.25) is 9.59 Å². The lowest BCUT2D eigenvalue weighted by molar-refractivity contribution is 0.0906. The van der Waals surface area contributed by atoms with Crippen molar-refractivity contribution in [3.63, 3.8) is 0 Å². The molecule has 0 radical (unpaired) electrons. The highest BCUT2D eigenvalue weighted by Gasteiger charge is 2.12. The third-order valence-corrected chi connectivity index (χ3v) is 2.85. The minimum atomic E-state index is -0.120. The number of benzene rings is 1. The van der Waals surface area contributed by atoms with E-state index in [0.717, 1.165) is 0 Å². The number of aromatic nitrogens is 1. The largest absolute Gasteiger partial charge is 0.485 e. The molecule has 4 heteroatoms. The molecule has 0 spiro atoms. The third kappa shape index (κ3) is 2.91. The molecule has 4 nitrogen and oxygen atoms in total. The number of aryl methyl sites for hydroxylation is 1. The van der Waals surface area contributed by atoms with Crippen LogP contribution in [0.2, 0.25) is 0 Å². The Morgan fingerprint density at radius 2 is 1.89 bits per heavy atom. The van der Waals surface area contributed by atoms with Gasteiger partial charge in [0.2, 0.25) is 5.78 Å². The number of nitrogens with zero attached hydrogens (tertiary/aromatic N) is 1. The lowest BCUT2D eigenvalue weighted by Crippen LogP contribution is -2.15. The van der Waals surface area contributed by atoms with Crippen LogP contribution in [0.4, 0.5) is 0 Å². The number of Topliss-reactive ketones (excluding diaryl/α,β-unsaturated/α-hetero) is 2. The summed E-state index contributed by atoms with van der Waals surface area (Å²) in [6, 6.07) is 10.5. The Labute approximate surface area is 111 Å². The standard InChI is InChI=1S/C15H15NO3/c1-11(17)12-6-3-4-8-15(12)19-10-14(18)13-7-5-9-16(13)2/h3-9H,10H2,1-2H3. The minimum Gasteiger partial charge on any atom is -0.485 e. The first kappa shape index (κ1) is 13.1.